The lowest BCUT2D eigenvalue weighted by atomic mass is 10.4. The molecule has 0 amide bonds. The molecule has 4 nitrogen and oxygen atoms in total. The third kappa shape index (κ3) is 2.81. The van der Waals surface area contributed by atoms with E-state index in [4.69, 9.17) is 5.73 Å². The van der Waals surface area contributed by atoms with Crippen molar-refractivity contribution in [1.29, 1.82) is 0 Å². The molecule has 0 saturated carbocycles. The lowest BCUT2D eigenvalue weighted by molar-refractivity contribution is -0.145. The summed E-state index contributed by atoms with van der Waals surface area (Å²) in [6.07, 6.45) is 0.345. The molecule has 0 heterocycles. The highest BCUT2D eigenvalue weighted by Crippen LogP contribution is 1.79. The molecule has 9 heavy (non-hydrogen) atoms. The summed E-state index contributed by atoms with van der Waals surface area (Å²) in [6.45, 7) is 1.90. The second-order valence-electron chi connectivity index (χ2n) is 1.41. The standard InChI is InChI=1S/C5H9NO3/c1-2-9-5(8)4(6)3-7/h3-4H,2,6H2,1H3. The van der Waals surface area contributed by atoms with Gasteiger partial charge in [-0.1, -0.05) is 0 Å². The van der Waals surface area contributed by atoms with E-state index in [-0.39, 0.29) is 6.61 Å². The largest absolute Gasteiger partial charge is 0.464 e. The summed E-state index contributed by atoms with van der Waals surface area (Å²) in [5.41, 5.74) is 4.96. The molecule has 0 rings (SSSR count). The molecule has 0 fully saturated rings. The maximum Gasteiger partial charge on any atom is 0.330 e. The van der Waals surface area contributed by atoms with Gasteiger partial charge in [0.05, 0.1) is 6.61 Å². The highest BCUT2D eigenvalue weighted by Gasteiger charge is 2.11. The lowest BCUT2D eigenvalue weighted by Gasteiger charge is -2.01. The first kappa shape index (κ1) is 8.10. The van der Waals surface area contributed by atoms with Gasteiger partial charge in [0, 0.05) is 0 Å². The Hall–Kier alpha value is -0.900. The average molecular weight is 131 g/mol. The third-order valence-electron chi connectivity index (χ3n) is 0.705. The highest BCUT2D eigenvalue weighted by atomic mass is 16.5. The van der Waals surface area contributed by atoms with E-state index >= 15 is 0 Å². The maximum atomic E-state index is 10.4. The number of esters is 1. The van der Waals surface area contributed by atoms with Crippen LogP contribution in [0.1, 0.15) is 6.92 Å². The summed E-state index contributed by atoms with van der Waals surface area (Å²) in [6, 6.07) is -1.12. The van der Waals surface area contributed by atoms with E-state index in [1.165, 1.54) is 0 Å². The fourth-order valence-corrected chi connectivity index (χ4v) is 0.294. The number of ether oxygens (including phenoxy) is 1. The molecule has 0 saturated heterocycles. The summed E-state index contributed by atoms with van der Waals surface area (Å²) in [4.78, 5) is 20.2. The highest BCUT2D eigenvalue weighted by molar-refractivity contribution is 5.91. The molecule has 0 radical (unpaired) electrons. The first-order valence-electron chi connectivity index (χ1n) is 2.60. The summed E-state index contributed by atoms with van der Waals surface area (Å²) in [5, 5.41) is 0. The van der Waals surface area contributed by atoms with E-state index < -0.39 is 12.0 Å². The van der Waals surface area contributed by atoms with Crippen LogP contribution in [0, 0.1) is 0 Å². The number of carbonyl (C=O) groups is 2. The molecule has 0 aliphatic rings. The molecule has 0 aromatic heterocycles. The molecule has 0 aliphatic heterocycles. The minimum Gasteiger partial charge on any atom is -0.464 e. The fourth-order valence-electron chi connectivity index (χ4n) is 0.294. The van der Waals surface area contributed by atoms with Crippen molar-refractivity contribution in [2.45, 2.75) is 13.0 Å². The van der Waals surface area contributed by atoms with Crippen LogP contribution in [0.2, 0.25) is 0 Å². The topological polar surface area (TPSA) is 69.4 Å². The number of aldehydes is 1. The van der Waals surface area contributed by atoms with E-state index in [0.29, 0.717) is 6.29 Å². The summed E-state index contributed by atoms with van der Waals surface area (Å²) < 4.78 is 4.40. The summed E-state index contributed by atoms with van der Waals surface area (Å²) >= 11 is 0. The zero-order chi connectivity index (χ0) is 7.28. The van der Waals surface area contributed by atoms with Gasteiger partial charge in [0.2, 0.25) is 0 Å². The smallest absolute Gasteiger partial charge is 0.330 e. The van der Waals surface area contributed by atoms with Crippen molar-refractivity contribution in [2.24, 2.45) is 5.73 Å². The molecule has 4 heteroatoms. The third-order valence-corrected chi connectivity index (χ3v) is 0.705. The predicted octanol–water partition coefficient (Wildman–Crippen LogP) is -0.924. The number of hydrogen-bond acceptors (Lipinski definition) is 4. The van der Waals surface area contributed by atoms with Crippen LogP contribution in [0.4, 0.5) is 0 Å². The summed E-state index contributed by atoms with van der Waals surface area (Å²) in [7, 11) is 0. The van der Waals surface area contributed by atoms with Crippen LogP contribution >= 0.6 is 0 Å². The summed E-state index contributed by atoms with van der Waals surface area (Å²) in [5.74, 6) is -0.674. The Morgan fingerprint density at radius 1 is 1.89 bits per heavy atom. The second kappa shape index (κ2) is 4.03. The first-order valence-corrected chi connectivity index (χ1v) is 2.60. The normalized spacial score (nSPS) is 12.2. The zero-order valence-corrected chi connectivity index (χ0v) is 5.16. The van der Waals surface area contributed by atoms with Crippen LogP contribution in [0.5, 0.6) is 0 Å². The molecule has 52 valence electrons. The molecular weight excluding hydrogens is 122 g/mol. The van der Waals surface area contributed by atoms with Crippen LogP contribution in [0.25, 0.3) is 0 Å². The Bertz CT molecular complexity index is 113. The van der Waals surface area contributed by atoms with Crippen molar-refractivity contribution in [1.82, 2.24) is 0 Å². The SMILES string of the molecule is CCOC(=O)C(N)C=O. The number of nitrogens with two attached hydrogens (primary N) is 1. The Kier molecular flexibility index (Phi) is 3.62. The van der Waals surface area contributed by atoms with Gasteiger partial charge in [0.15, 0.2) is 6.04 Å². The van der Waals surface area contributed by atoms with Crippen molar-refractivity contribution in [3.8, 4) is 0 Å². The lowest BCUT2D eigenvalue weighted by Crippen LogP contribution is -2.33. The van der Waals surface area contributed by atoms with Crippen molar-refractivity contribution in [2.75, 3.05) is 6.61 Å². The van der Waals surface area contributed by atoms with Crippen LogP contribution in [0.3, 0.4) is 0 Å². The Balaban J connectivity index is 3.58. The minimum absolute atomic E-state index is 0.250. The van der Waals surface area contributed by atoms with Gasteiger partial charge in [-0.2, -0.15) is 0 Å². The van der Waals surface area contributed by atoms with E-state index in [0.717, 1.165) is 0 Å². The zero-order valence-electron chi connectivity index (χ0n) is 5.16. The Morgan fingerprint density at radius 3 is 2.78 bits per heavy atom. The van der Waals surface area contributed by atoms with Gasteiger partial charge in [0.1, 0.15) is 6.29 Å². The van der Waals surface area contributed by atoms with E-state index in [1.54, 1.807) is 6.92 Å². The Morgan fingerprint density at radius 2 is 2.44 bits per heavy atom. The number of rotatable bonds is 3. The minimum atomic E-state index is -1.12. The molecule has 1 atom stereocenters. The molecule has 0 bridgehead atoms. The monoisotopic (exact) mass is 131 g/mol. The van der Waals surface area contributed by atoms with Crippen LogP contribution in [-0.2, 0) is 14.3 Å². The van der Waals surface area contributed by atoms with E-state index in [9.17, 15) is 9.59 Å². The van der Waals surface area contributed by atoms with Crippen LogP contribution in [-0.4, -0.2) is 24.9 Å². The molecule has 0 aliphatic carbocycles. The predicted molar refractivity (Wildman–Crippen MR) is 30.7 cm³/mol. The van der Waals surface area contributed by atoms with Crippen molar-refractivity contribution in [3.05, 3.63) is 0 Å². The van der Waals surface area contributed by atoms with E-state index in [2.05, 4.69) is 4.74 Å². The van der Waals surface area contributed by atoms with Crippen molar-refractivity contribution in [3.63, 3.8) is 0 Å². The van der Waals surface area contributed by atoms with Crippen LogP contribution in [0.15, 0.2) is 0 Å². The first-order chi connectivity index (χ1) is 4.22. The van der Waals surface area contributed by atoms with Gasteiger partial charge in [-0.25, -0.2) is 4.79 Å². The molecule has 0 spiro atoms. The van der Waals surface area contributed by atoms with Gasteiger partial charge in [-0.3, -0.25) is 0 Å². The quantitative estimate of drug-likeness (QED) is 0.305. The number of carbonyl (C=O) groups excluding carboxylic acids is 2. The van der Waals surface area contributed by atoms with Gasteiger partial charge in [-0.15, -0.1) is 0 Å². The van der Waals surface area contributed by atoms with E-state index in [1.807, 2.05) is 0 Å². The van der Waals surface area contributed by atoms with Crippen molar-refractivity contribution < 1.29 is 14.3 Å². The molecular formula is C5H9NO3. The van der Waals surface area contributed by atoms with Crippen LogP contribution < -0.4 is 5.73 Å². The van der Waals surface area contributed by atoms with Gasteiger partial charge >= 0.3 is 5.97 Å². The Labute approximate surface area is 53.0 Å². The molecule has 0 aromatic rings. The fraction of sp³-hybridized carbons (Fsp3) is 0.600. The maximum absolute atomic E-state index is 10.4. The van der Waals surface area contributed by atoms with Crippen molar-refractivity contribution >= 4 is 12.3 Å². The van der Waals surface area contributed by atoms with Gasteiger partial charge in [0.25, 0.3) is 0 Å². The van der Waals surface area contributed by atoms with Gasteiger partial charge in [-0.05, 0) is 6.92 Å². The molecule has 1 unspecified atom stereocenters. The second-order valence-corrected chi connectivity index (χ2v) is 1.41. The number of hydrogen-bond donors (Lipinski definition) is 1. The molecule has 0 aromatic carbocycles. The molecule has 2 N–H and O–H groups in total. The average Bonchev–Trinajstić information content (AvgIpc) is 1.87. The van der Waals surface area contributed by atoms with Gasteiger partial charge < -0.3 is 15.3 Å².